The molecule has 358 valence electrons. The average Bonchev–Trinajstić information content (AvgIpc) is 4.03. The first-order valence-corrected chi connectivity index (χ1v) is 26.9. The molecule has 4 aromatic carbocycles. The van der Waals surface area contributed by atoms with Gasteiger partial charge in [0.1, 0.15) is 32.8 Å². The van der Waals surface area contributed by atoms with Crippen molar-refractivity contribution < 1.29 is 35.8 Å². The van der Waals surface area contributed by atoms with E-state index in [4.69, 9.17) is 28.9 Å². The summed E-state index contributed by atoms with van der Waals surface area (Å²) in [5.74, 6) is 1.68. The maximum Gasteiger partial charge on any atom is 0.246 e. The lowest BCUT2D eigenvalue weighted by molar-refractivity contribution is 0.369. The van der Waals surface area contributed by atoms with Crippen molar-refractivity contribution in [2.45, 2.75) is 56.2 Å². The van der Waals surface area contributed by atoms with E-state index in [0.717, 1.165) is 47.3 Å². The zero-order chi connectivity index (χ0) is 47.7. The number of piperazine rings is 2. The van der Waals surface area contributed by atoms with Gasteiger partial charge in [0.15, 0.2) is 10.3 Å². The van der Waals surface area contributed by atoms with Crippen LogP contribution in [0.1, 0.15) is 52.5 Å². The Kier molecular flexibility index (Phi) is 16.5. The quantitative estimate of drug-likeness (QED) is 0.0925. The standard InChI is InChI=1S/C25H31N3O4S2.C24H29N3O4S2/c1-4-5-19-6-8-20(9-7-19)16-21-18-33-25(26-21)27-12-14-28(15-13-27)34(29,30)24-11-10-22(31-2)17-23(24)32-3;1-17-6-5-7-18(2)21(17)14-19-16-32-24(25-19)26-10-12-27(13-11-26)33(28,29)23-9-8-20(30-3)15-22(23)31-4/h6-11,17-18H,4-5,12-16H2,1-3H3;5-9,15-16H,10-14H2,1-4H3. The molecule has 4 heterocycles. The summed E-state index contributed by atoms with van der Waals surface area (Å²) >= 11 is 3.23. The molecule has 0 bridgehead atoms. The third-order valence-corrected chi connectivity index (χ3v) is 17.8. The molecule has 0 aliphatic carbocycles. The summed E-state index contributed by atoms with van der Waals surface area (Å²) in [6, 6.07) is 24.7. The Morgan fingerprint density at radius 1 is 0.552 bits per heavy atom. The predicted molar refractivity (Wildman–Crippen MR) is 267 cm³/mol. The van der Waals surface area contributed by atoms with Crippen LogP contribution in [0.15, 0.2) is 99.4 Å². The predicted octanol–water partition coefficient (Wildman–Crippen LogP) is 8.09. The summed E-state index contributed by atoms with van der Waals surface area (Å²) in [4.78, 5) is 14.3. The topological polar surface area (TPSA) is 144 Å². The molecular formula is C49H60N6O8S4. The van der Waals surface area contributed by atoms with Gasteiger partial charge in [-0.15, -0.1) is 22.7 Å². The zero-order valence-corrected chi connectivity index (χ0v) is 42.5. The van der Waals surface area contributed by atoms with Crippen LogP contribution in [-0.2, 0) is 39.3 Å². The van der Waals surface area contributed by atoms with Gasteiger partial charge >= 0.3 is 0 Å². The smallest absolute Gasteiger partial charge is 0.246 e. The first-order valence-electron chi connectivity index (χ1n) is 22.2. The van der Waals surface area contributed by atoms with Crippen LogP contribution in [0, 0.1) is 13.8 Å². The molecule has 0 radical (unpaired) electrons. The lowest BCUT2D eigenvalue weighted by Gasteiger charge is -2.34. The Morgan fingerprint density at radius 2 is 0.985 bits per heavy atom. The summed E-state index contributed by atoms with van der Waals surface area (Å²) in [5.41, 5.74) is 8.58. The van der Waals surface area contributed by atoms with Crippen LogP contribution in [0.3, 0.4) is 0 Å². The molecule has 0 N–H and O–H groups in total. The Morgan fingerprint density at radius 3 is 1.40 bits per heavy atom. The first-order chi connectivity index (χ1) is 32.3. The van der Waals surface area contributed by atoms with Gasteiger partial charge in [-0.25, -0.2) is 26.8 Å². The van der Waals surface area contributed by atoms with Crippen LogP contribution >= 0.6 is 22.7 Å². The second kappa shape index (κ2) is 22.2. The van der Waals surface area contributed by atoms with Crippen molar-refractivity contribution in [1.29, 1.82) is 0 Å². The molecule has 0 amide bonds. The number of rotatable bonds is 16. The van der Waals surface area contributed by atoms with Crippen molar-refractivity contribution in [3.63, 3.8) is 0 Å². The molecule has 0 unspecified atom stereocenters. The van der Waals surface area contributed by atoms with Crippen LogP contribution < -0.4 is 28.7 Å². The van der Waals surface area contributed by atoms with Crippen molar-refractivity contribution in [1.82, 2.24) is 18.6 Å². The van der Waals surface area contributed by atoms with Crippen LogP contribution in [0.5, 0.6) is 23.0 Å². The first kappa shape index (κ1) is 49.7. The number of sulfonamides is 2. The third kappa shape index (κ3) is 11.7. The highest BCUT2D eigenvalue weighted by Gasteiger charge is 2.33. The van der Waals surface area contributed by atoms with Crippen molar-refractivity contribution in [3.05, 3.63) is 129 Å². The number of benzene rings is 4. The van der Waals surface area contributed by atoms with Crippen LogP contribution in [0.2, 0.25) is 0 Å². The summed E-state index contributed by atoms with van der Waals surface area (Å²) in [6.45, 7) is 10.4. The summed E-state index contributed by atoms with van der Waals surface area (Å²) in [5, 5.41) is 6.08. The van der Waals surface area contributed by atoms with E-state index in [1.807, 2.05) is 0 Å². The van der Waals surface area contributed by atoms with Crippen molar-refractivity contribution >= 4 is 53.0 Å². The molecule has 67 heavy (non-hydrogen) atoms. The molecule has 2 aliphatic rings. The molecule has 14 nitrogen and oxygen atoms in total. The Labute approximate surface area is 403 Å². The van der Waals surface area contributed by atoms with Gasteiger partial charge in [-0.1, -0.05) is 55.8 Å². The van der Waals surface area contributed by atoms with E-state index in [1.54, 1.807) is 59.1 Å². The normalized spacial score (nSPS) is 14.9. The van der Waals surface area contributed by atoms with Gasteiger partial charge in [0.05, 0.1) is 39.8 Å². The highest BCUT2D eigenvalue weighted by Crippen LogP contribution is 2.34. The van der Waals surface area contributed by atoms with E-state index < -0.39 is 20.0 Å². The van der Waals surface area contributed by atoms with Gasteiger partial charge in [0.2, 0.25) is 20.0 Å². The lowest BCUT2D eigenvalue weighted by Crippen LogP contribution is -2.48. The summed E-state index contributed by atoms with van der Waals surface area (Å²) in [7, 11) is -1.34. The number of hydrogen-bond acceptors (Lipinski definition) is 14. The number of hydrogen-bond donors (Lipinski definition) is 0. The van der Waals surface area contributed by atoms with Gasteiger partial charge in [0, 0.05) is 88.1 Å². The fourth-order valence-corrected chi connectivity index (χ4v) is 13.0. The number of aryl methyl sites for hydroxylation is 3. The minimum atomic E-state index is -3.67. The van der Waals surface area contributed by atoms with E-state index >= 15 is 0 Å². The number of methoxy groups -OCH3 is 4. The second-order valence-electron chi connectivity index (χ2n) is 16.3. The van der Waals surface area contributed by atoms with Gasteiger partial charge < -0.3 is 28.7 Å². The second-order valence-corrected chi connectivity index (χ2v) is 21.8. The maximum atomic E-state index is 13.3. The monoisotopic (exact) mass is 988 g/mol. The number of thiazole rings is 2. The number of aromatic nitrogens is 2. The molecule has 2 saturated heterocycles. The summed E-state index contributed by atoms with van der Waals surface area (Å²) in [6.07, 6.45) is 3.86. The van der Waals surface area contributed by atoms with E-state index in [-0.39, 0.29) is 21.3 Å². The SMILES string of the molecule is CCCc1ccc(Cc2csc(N3CCN(S(=O)(=O)c4ccc(OC)cc4OC)CC3)n2)cc1.COc1ccc(S(=O)(=O)N2CCN(c3nc(Cc4c(C)cccc4C)cs3)CC2)c(OC)c1. The minimum absolute atomic E-state index is 0.157. The molecular weight excluding hydrogens is 929 g/mol. The lowest BCUT2D eigenvalue weighted by atomic mass is 9.99. The van der Waals surface area contributed by atoms with Crippen LogP contribution in [0.25, 0.3) is 0 Å². The number of anilines is 2. The van der Waals surface area contributed by atoms with Gasteiger partial charge in [-0.05, 0) is 72.4 Å². The fraction of sp³-hybridized carbons (Fsp3) is 0.388. The fourth-order valence-electron chi connectivity index (χ4n) is 8.17. The number of nitrogens with zero attached hydrogens (tertiary/aromatic N) is 6. The van der Waals surface area contributed by atoms with E-state index in [9.17, 15) is 16.8 Å². The Bertz CT molecular complexity index is 2800. The van der Waals surface area contributed by atoms with Gasteiger partial charge in [0.25, 0.3) is 0 Å². The molecule has 18 heteroatoms. The van der Waals surface area contributed by atoms with E-state index in [0.29, 0.717) is 63.9 Å². The zero-order valence-electron chi connectivity index (χ0n) is 39.2. The molecule has 0 spiro atoms. The molecule has 2 fully saturated rings. The van der Waals surface area contributed by atoms with Gasteiger partial charge in [-0.2, -0.15) is 8.61 Å². The Hall–Kier alpha value is -5.24. The minimum Gasteiger partial charge on any atom is -0.497 e. The van der Waals surface area contributed by atoms with Crippen molar-refractivity contribution in [2.75, 3.05) is 90.6 Å². The highest BCUT2D eigenvalue weighted by molar-refractivity contribution is 7.89. The van der Waals surface area contributed by atoms with Crippen LogP contribution in [0.4, 0.5) is 10.3 Å². The molecule has 0 saturated carbocycles. The van der Waals surface area contributed by atoms with Crippen molar-refractivity contribution in [2.24, 2.45) is 0 Å². The summed E-state index contributed by atoms with van der Waals surface area (Å²) < 4.78 is 77.1. The van der Waals surface area contributed by atoms with E-state index in [2.05, 4.69) is 83.8 Å². The molecule has 2 aliphatic heterocycles. The van der Waals surface area contributed by atoms with Crippen LogP contribution in [-0.4, -0.2) is 116 Å². The van der Waals surface area contributed by atoms with E-state index in [1.165, 1.54) is 64.9 Å². The highest BCUT2D eigenvalue weighted by atomic mass is 32.2. The van der Waals surface area contributed by atoms with Crippen molar-refractivity contribution in [3.8, 4) is 23.0 Å². The molecule has 6 aromatic rings. The third-order valence-electron chi connectivity index (χ3n) is 12.0. The maximum absolute atomic E-state index is 13.3. The molecule has 2 aromatic heterocycles. The largest absolute Gasteiger partial charge is 0.497 e. The average molecular weight is 989 g/mol. The number of ether oxygens (including phenoxy) is 4. The Balaban J connectivity index is 0.000000199. The van der Waals surface area contributed by atoms with Gasteiger partial charge in [-0.3, -0.25) is 0 Å². The molecule has 8 rings (SSSR count). The molecule has 0 atom stereocenters.